The first-order chi connectivity index (χ1) is 10.6. The van der Waals surface area contributed by atoms with E-state index >= 15 is 0 Å². The molecule has 1 aromatic rings. The van der Waals surface area contributed by atoms with E-state index in [1.54, 1.807) is 12.1 Å². The molecular formula is C16H21FN2O3. The van der Waals surface area contributed by atoms with Crippen LogP contribution in [0.15, 0.2) is 18.2 Å². The summed E-state index contributed by atoms with van der Waals surface area (Å²) in [6.07, 6.45) is 1.60. The Hall–Kier alpha value is -1.66. The molecule has 1 amide bonds. The molecule has 0 radical (unpaired) electrons. The number of hydrogen-bond acceptors (Lipinski definition) is 4. The maximum atomic E-state index is 14.3. The SMILES string of the molecule is O=C(Nc1ccc(N2CCOCC2)c(F)c1)C1CCCC1O. The minimum absolute atomic E-state index is 0.233. The first-order valence-electron chi connectivity index (χ1n) is 7.76. The zero-order valence-electron chi connectivity index (χ0n) is 12.4. The van der Waals surface area contributed by atoms with Crippen molar-refractivity contribution in [2.24, 2.45) is 5.92 Å². The zero-order chi connectivity index (χ0) is 15.5. The fraction of sp³-hybridized carbons (Fsp3) is 0.562. The monoisotopic (exact) mass is 308 g/mol. The highest BCUT2D eigenvalue weighted by Crippen LogP contribution is 2.28. The van der Waals surface area contributed by atoms with Crippen molar-refractivity contribution >= 4 is 17.3 Å². The number of nitrogens with one attached hydrogen (secondary N) is 1. The number of benzene rings is 1. The van der Waals surface area contributed by atoms with Gasteiger partial charge in [-0.1, -0.05) is 0 Å². The molecule has 5 nitrogen and oxygen atoms in total. The Morgan fingerprint density at radius 2 is 2.09 bits per heavy atom. The molecule has 2 atom stereocenters. The van der Waals surface area contributed by atoms with Crippen molar-refractivity contribution in [2.75, 3.05) is 36.5 Å². The van der Waals surface area contributed by atoms with E-state index in [1.165, 1.54) is 6.07 Å². The number of aliphatic hydroxyl groups is 1. The molecule has 1 aliphatic carbocycles. The van der Waals surface area contributed by atoms with Crippen molar-refractivity contribution in [1.29, 1.82) is 0 Å². The molecule has 3 rings (SSSR count). The van der Waals surface area contributed by atoms with Crippen LogP contribution < -0.4 is 10.2 Å². The lowest BCUT2D eigenvalue weighted by Crippen LogP contribution is -2.36. The number of rotatable bonds is 3. The topological polar surface area (TPSA) is 61.8 Å². The van der Waals surface area contributed by atoms with Gasteiger partial charge in [0.05, 0.1) is 30.9 Å². The molecular weight excluding hydrogens is 287 g/mol. The van der Waals surface area contributed by atoms with Gasteiger partial charge in [0.15, 0.2) is 0 Å². The van der Waals surface area contributed by atoms with Gasteiger partial charge in [0, 0.05) is 18.8 Å². The average Bonchev–Trinajstić information content (AvgIpc) is 2.94. The highest BCUT2D eigenvalue weighted by atomic mass is 19.1. The van der Waals surface area contributed by atoms with Crippen molar-refractivity contribution < 1.29 is 19.0 Å². The molecule has 2 unspecified atom stereocenters. The number of amides is 1. The number of morpholine rings is 1. The summed E-state index contributed by atoms with van der Waals surface area (Å²) in [5, 5.41) is 12.5. The molecule has 1 aromatic carbocycles. The van der Waals surface area contributed by atoms with Gasteiger partial charge in [0.1, 0.15) is 5.82 Å². The van der Waals surface area contributed by atoms with Crippen LogP contribution in [0.25, 0.3) is 0 Å². The quantitative estimate of drug-likeness (QED) is 0.893. The lowest BCUT2D eigenvalue weighted by atomic mass is 10.1. The largest absolute Gasteiger partial charge is 0.392 e. The van der Waals surface area contributed by atoms with Crippen LogP contribution in [0.1, 0.15) is 19.3 Å². The maximum absolute atomic E-state index is 14.3. The van der Waals surface area contributed by atoms with Crippen LogP contribution >= 0.6 is 0 Å². The summed E-state index contributed by atoms with van der Waals surface area (Å²) < 4.78 is 19.5. The Morgan fingerprint density at radius 1 is 1.32 bits per heavy atom. The van der Waals surface area contributed by atoms with Crippen LogP contribution in [0.5, 0.6) is 0 Å². The lowest BCUT2D eigenvalue weighted by molar-refractivity contribution is -0.122. The third-order valence-corrected chi connectivity index (χ3v) is 4.38. The van der Waals surface area contributed by atoms with Crippen LogP contribution in [0.3, 0.4) is 0 Å². The summed E-state index contributed by atoms with van der Waals surface area (Å²) in [4.78, 5) is 14.0. The zero-order valence-corrected chi connectivity index (χ0v) is 12.4. The van der Waals surface area contributed by atoms with Crippen molar-refractivity contribution in [3.05, 3.63) is 24.0 Å². The summed E-state index contributed by atoms with van der Waals surface area (Å²) in [5.41, 5.74) is 0.959. The molecule has 120 valence electrons. The van der Waals surface area contributed by atoms with Crippen LogP contribution in [-0.4, -0.2) is 43.4 Å². The van der Waals surface area contributed by atoms with E-state index in [2.05, 4.69) is 5.32 Å². The molecule has 2 N–H and O–H groups in total. The van der Waals surface area contributed by atoms with Gasteiger partial charge in [0.2, 0.25) is 5.91 Å². The Balaban J connectivity index is 1.67. The highest BCUT2D eigenvalue weighted by molar-refractivity contribution is 5.93. The molecule has 0 aromatic heterocycles. The van der Waals surface area contributed by atoms with E-state index < -0.39 is 6.10 Å². The Kier molecular flexibility index (Phi) is 4.59. The molecule has 1 heterocycles. The number of ether oxygens (including phenoxy) is 1. The van der Waals surface area contributed by atoms with Gasteiger partial charge in [-0.15, -0.1) is 0 Å². The standard InChI is InChI=1S/C16H21FN2O3/c17-13-10-11(18-16(21)12-2-1-3-15(12)20)4-5-14(13)19-6-8-22-9-7-19/h4-5,10,12,15,20H,1-3,6-9H2,(H,18,21). The predicted molar refractivity (Wildman–Crippen MR) is 81.4 cm³/mol. The number of nitrogens with zero attached hydrogens (tertiary/aromatic N) is 1. The van der Waals surface area contributed by atoms with Crippen LogP contribution in [0.2, 0.25) is 0 Å². The van der Waals surface area contributed by atoms with E-state index in [9.17, 15) is 14.3 Å². The van der Waals surface area contributed by atoms with Crippen molar-refractivity contribution in [1.82, 2.24) is 0 Å². The summed E-state index contributed by atoms with van der Waals surface area (Å²) in [6.45, 7) is 2.52. The molecule has 1 aliphatic heterocycles. The fourth-order valence-corrected chi connectivity index (χ4v) is 3.13. The van der Waals surface area contributed by atoms with E-state index in [0.29, 0.717) is 50.5 Å². The molecule has 6 heteroatoms. The first kappa shape index (κ1) is 15.2. The number of hydrogen-bond donors (Lipinski definition) is 2. The third kappa shape index (κ3) is 3.23. The molecule has 1 saturated carbocycles. The van der Waals surface area contributed by atoms with Gasteiger partial charge in [-0.05, 0) is 37.5 Å². The normalized spacial score (nSPS) is 25.3. The van der Waals surface area contributed by atoms with Crippen LogP contribution in [-0.2, 0) is 9.53 Å². The van der Waals surface area contributed by atoms with Crippen LogP contribution in [0, 0.1) is 11.7 Å². The first-order valence-corrected chi connectivity index (χ1v) is 7.76. The lowest BCUT2D eigenvalue weighted by Gasteiger charge is -2.29. The number of carbonyl (C=O) groups excluding carboxylic acids is 1. The second-order valence-corrected chi connectivity index (χ2v) is 5.86. The molecule has 0 spiro atoms. The number of halogens is 1. The van der Waals surface area contributed by atoms with Gasteiger partial charge in [-0.3, -0.25) is 4.79 Å². The highest BCUT2D eigenvalue weighted by Gasteiger charge is 2.31. The molecule has 22 heavy (non-hydrogen) atoms. The smallest absolute Gasteiger partial charge is 0.230 e. The minimum atomic E-state index is -0.586. The molecule has 2 aliphatic rings. The summed E-state index contributed by atoms with van der Waals surface area (Å²) in [5.74, 6) is -0.975. The van der Waals surface area contributed by atoms with Gasteiger partial charge < -0.3 is 20.1 Å². The molecule has 1 saturated heterocycles. The van der Waals surface area contributed by atoms with E-state index in [0.717, 1.165) is 6.42 Å². The van der Waals surface area contributed by atoms with Gasteiger partial charge in [0.25, 0.3) is 0 Å². The van der Waals surface area contributed by atoms with E-state index in [1.807, 2.05) is 4.90 Å². The van der Waals surface area contributed by atoms with Gasteiger partial charge >= 0.3 is 0 Å². The number of anilines is 2. The second kappa shape index (κ2) is 6.62. The number of carbonyl (C=O) groups is 1. The van der Waals surface area contributed by atoms with Gasteiger partial charge in [-0.2, -0.15) is 0 Å². The minimum Gasteiger partial charge on any atom is -0.392 e. The summed E-state index contributed by atoms with van der Waals surface area (Å²) >= 11 is 0. The van der Waals surface area contributed by atoms with E-state index in [-0.39, 0.29) is 17.6 Å². The maximum Gasteiger partial charge on any atom is 0.230 e. The van der Waals surface area contributed by atoms with E-state index in [4.69, 9.17) is 4.74 Å². The average molecular weight is 308 g/mol. The molecule has 2 fully saturated rings. The number of aliphatic hydroxyl groups excluding tert-OH is 1. The Bertz CT molecular complexity index is 546. The Labute approximate surface area is 129 Å². The summed E-state index contributed by atoms with van der Waals surface area (Å²) in [6, 6.07) is 4.72. The van der Waals surface area contributed by atoms with Crippen molar-refractivity contribution in [3.8, 4) is 0 Å². The van der Waals surface area contributed by atoms with Crippen LogP contribution in [0.4, 0.5) is 15.8 Å². The fourth-order valence-electron chi connectivity index (χ4n) is 3.13. The van der Waals surface area contributed by atoms with Crippen molar-refractivity contribution in [3.63, 3.8) is 0 Å². The summed E-state index contributed by atoms with van der Waals surface area (Å²) in [7, 11) is 0. The van der Waals surface area contributed by atoms with Gasteiger partial charge in [-0.25, -0.2) is 4.39 Å². The van der Waals surface area contributed by atoms with Crippen molar-refractivity contribution in [2.45, 2.75) is 25.4 Å². The third-order valence-electron chi connectivity index (χ3n) is 4.38. The second-order valence-electron chi connectivity index (χ2n) is 5.86. The predicted octanol–water partition coefficient (Wildman–Crippen LogP) is 1.76. The molecule has 0 bridgehead atoms. The Morgan fingerprint density at radius 3 is 2.73 bits per heavy atom.